The molecule has 1 aliphatic rings. The molecule has 0 atom stereocenters. The molecule has 2 aromatic rings. The molecule has 0 saturated heterocycles. The van der Waals surface area contributed by atoms with Gasteiger partial charge < -0.3 is 0 Å². The molecule has 0 aliphatic heterocycles. The van der Waals surface area contributed by atoms with Crippen LogP contribution in [0, 0.1) is 6.92 Å². The molecule has 1 aromatic carbocycles. The molecule has 0 N–H and O–H groups in total. The summed E-state index contributed by atoms with van der Waals surface area (Å²) in [6.07, 6.45) is 1.72. The molecule has 2 nitrogen and oxygen atoms in total. The Labute approximate surface area is 87.6 Å². The van der Waals surface area contributed by atoms with E-state index in [1.165, 1.54) is 0 Å². The fraction of sp³-hybridized carbons (Fsp3) is 0.0769. The van der Waals surface area contributed by atoms with Crippen molar-refractivity contribution in [3.8, 4) is 11.3 Å². The molecule has 3 rings (SSSR count). The molecule has 0 spiro atoms. The summed E-state index contributed by atoms with van der Waals surface area (Å²) in [5.41, 5.74) is 4.38. The standard InChI is InChI=1S/C13H9NO/c1-8-4-5-9-11(7-8)13(15)10-3-2-6-14-12(9)10/h2-7H,1H3. The van der Waals surface area contributed by atoms with E-state index in [1.807, 2.05) is 31.2 Å². The average Bonchev–Trinajstić information content (AvgIpc) is 2.54. The van der Waals surface area contributed by atoms with Gasteiger partial charge in [-0.2, -0.15) is 0 Å². The van der Waals surface area contributed by atoms with Crippen LogP contribution in [0.15, 0.2) is 36.5 Å². The van der Waals surface area contributed by atoms with E-state index in [4.69, 9.17) is 0 Å². The number of ketones is 1. The number of fused-ring (bicyclic) bond motifs is 3. The molecular weight excluding hydrogens is 186 g/mol. The Balaban J connectivity index is 2.38. The molecule has 0 saturated carbocycles. The number of aromatic nitrogens is 1. The van der Waals surface area contributed by atoms with E-state index in [-0.39, 0.29) is 5.78 Å². The Kier molecular flexibility index (Phi) is 1.54. The Hall–Kier alpha value is -1.96. The smallest absolute Gasteiger partial charge is 0.195 e. The topological polar surface area (TPSA) is 30.0 Å². The van der Waals surface area contributed by atoms with E-state index < -0.39 is 0 Å². The van der Waals surface area contributed by atoms with Crippen LogP contribution in [-0.2, 0) is 0 Å². The fourth-order valence-corrected chi connectivity index (χ4v) is 2.00. The van der Waals surface area contributed by atoms with E-state index in [0.717, 1.165) is 27.9 Å². The predicted molar refractivity (Wildman–Crippen MR) is 57.8 cm³/mol. The zero-order chi connectivity index (χ0) is 10.4. The number of hydrogen-bond donors (Lipinski definition) is 0. The fourth-order valence-electron chi connectivity index (χ4n) is 2.00. The number of carbonyl (C=O) groups is 1. The third-order valence-corrected chi connectivity index (χ3v) is 2.73. The van der Waals surface area contributed by atoms with Gasteiger partial charge in [-0.25, -0.2) is 0 Å². The van der Waals surface area contributed by atoms with Crippen LogP contribution in [0.1, 0.15) is 21.5 Å². The lowest BCUT2D eigenvalue weighted by Gasteiger charge is -1.98. The van der Waals surface area contributed by atoms with Crippen LogP contribution in [0.3, 0.4) is 0 Å². The molecule has 0 bridgehead atoms. The Morgan fingerprint density at radius 1 is 1.07 bits per heavy atom. The molecule has 15 heavy (non-hydrogen) atoms. The van der Waals surface area contributed by atoms with Crippen molar-refractivity contribution in [2.75, 3.05) is 0 Å². The minimum absolute atomic E-state index is 0.0943. The minimum Gasteiger partial charge on any atom is -0.289 e. The van der Waals surface area contributed by atoms with Gasteiger partial charge in [0.05, 0.1) is 5.69 Å². The molecule has 0 unspecified atom stereocenters. The van der Waals surface area contributed by atoms with Crippen molar-refractivity contribution in [1.29, 1.82) is 0 Å². The van der Waals surface area contributed by atoms with Crippen LogP contribution in [0.5, 0.6) is 0 Å². The molecule has 1 heterocycles. The first-order valence-electron chi connectivity index (χ1n) is 4.88. The van der Waals surface area contributed by atoms with Crippen LogP contribution in [0.25, 0.3) is 11.3 Å². The monoisotopic (exact) mass is 195 g/mol. The van der Waals surface area contributed by atoms with Crippen LogP contribution in [0.2, 0.25) is 0 Å². The Morgan fingerprint density at radius 3 is 2.80 bits per heavy atom. The van der Waals surface area contributed by atoms with Crippen molar-refractivity contribution in [2.24, 2.45) is 0 Å². The highest BCUT2D eigenvalue weighted by Crippen LogP contribution is 2.34. The number of nitrogens with zero attached hydrogens (tertiary/aromatic N) is 1. The second-order valence-corrected chi connectivity index (χ2v) is 3.78. The molecule has 0 amide bonds. The SMILES string of the molecule is Cc1ccc2c(c1)C(=O)c1cccnc1-2. The first-order chi connectivity index (χ1) is 7.27. The van der Waals surface area contributed by atoms with Gasteiger partial charge in [0.2, 0.25) is 0 Å². The highest BCUT2D eigenvalue weighted by molar-refractivity contribution is 6.20. The lowest BCUT2D eigenvalue weighted by molar-refractivity contribution is 0.104. The first-order valence-corrected chi connectivity index (χ1v) is 4.88. The van der Waals surface area contributed by atoms with Gasteiger partial charge in [0.15, 0.2) is 5.78 Å². The lowest BCUT2D eigenvalue weighted by atomic mass is 10.1. The van der Waals surface area contributed by atoms with Crippen molar-refractivity contribution in [3.63, 3.8) is 0 Å². The van der Waals surface area contributed by atoms with E-state index >= 15 is 0 Å². The number of hydrogen-bond acceptors (Lipinski definition) is 2. The van der Waals surface area contributed by atoms with Gasteiger partial charge in [0.1, 0.15) is 0 Å². The summed E-state index contributed by atoms with van der Waals surface area (Å²) in [6, 6.07) is 9.55. The third kappa shape index (κ3) is 1.05. The van der Waals surface area contributed by atoms with Crippen molar-refractivity contribution in [2.45, 2.75) is 6.92 Å². The van der Waals surface area contributed by atoms with Gasteiger partial charge in [-0.1, -0.05) is 17.7 Å². The summed E-state index contributed by atoms with van der Waals surface area (Å²) < 4.78 is 0. The van der Waals surface area contributed by atoms with Crippen LogP contribution in [-0.4, -0.2) is 10.8 Å². The number of pyridine rings is 1. The maximum Gasteiger partial charge on any atom is 0.195 e. The molecule has 1 aromatic heterocycles. The molecule has 2 heteroatoms. The maximum atomic E-state index is 12.0. The quantitative estimate of drug-likeness (QED) is 0.552. The maximum absolute atomic E-state index is 12.0. The number of aryl methyl sites for hydroxylation is 1. The molecular formula is C13H9NO. The summed E-state index contributed by atoms with van der Waals surface area (Å²) in [7, 11) is 0. The van der Waals surface area contributed by atoms with Gasteiger partial charge in [0, 0.05) is 22.9 Å². The van der Waals surface area contributed by atoms with E-state index in [0.29, 0.717) is 0 Å². The van der Waals surface area contributed by atoms with Gasteiger partial charge in [0.25, 0.3) is 0 Å². The largest absolute Gasteiger partial charge is 0.289 e. The minimum atomic E-state index is 0.0943. The van der Waals surface area contributed by atoms with Crippen LogP contribution < -0.4 is 0 Å². The Bertz CT molecular complexity index is 572. The molecule has 0 radical (unpaired) electrons. The second kappa shape index (κ2) is 2.76. The highest BCUT2D eigenvalue weighted by atomic mass is 16.1. The summed E-state index contributed by atoms with van der Waals surface area (Å²) in [5.74, 6) is 0.0943. The first kappa shape index (κ1) is 8.36. The predicted octanol–water partition coefficient (Wildman–Crippen LogP) is 2.60. The highest BCUT2D eigenvalue weighted by Gasteiger charge is 2.26. The summed E-state index contributed by atoms with van der Waals surface area (Å²) in [4.78, 5) is 16.3. The van der Waals surface area contributed by atoms with Crippen LogP contribution >= 0.6 is 0 Å². The Morgan fingerprint density at radius 2 is 1.93 bits per heavy atom. The van der Waals surface area contributed by atoms with Gasteiger partial charge in [-0.3, -0.25) is 9.78 Å². The number of benzene rings is 1. The van der Waals surface area contributed by atoms with Gasteiger partial charge >= 0.3 is 0 Å². The number of carbonyl (C=O) groups excluding carboxylic acids is 1. The van der Waals surface area contributed by atoms with Gasteiger partial charge in [-0.05, 0) is 25.1 Å². The normalized spacial score (nSPS) is 12.5. The molecule has 1 aliphatic carbocycles. The molecule has 72 valence electrons. The third-order valence-electron chi connectivity index (χ3n) is 2.73. The van der Waals surface area contributed by atoms with Crippen molar-refractivity contribution in [3.05, 3.63) is 53.2 Å². The summed E-state index contributed by atoms with van der Waals surface area (Å²) in [6.45, 7) is 1.99. The van der Waals surface area contributed by atoms with Crippen LogP contribution in [0.4, 0.5) is 0 Å². The summed E-state index contributed by atoms with van der Waals surface area (Å²) >= 11 is 0. The average molecular weight is 195 g/mol. The zero-order valence-corrected chi connectivity index (χ0v) is 8.32. The van der Waals surface area contributed by atoms with E-state index in [2.05, 4.69) is 4.98 Å². The van der Waals surface area contributed by atoms with Gasteiger partial charge in [-0.15, -0.1) is 0 Å². The van der Waals surface area contributed by atoms with Crippen molar-refractivity contribution >= 4 is 5.78 Å². The summed E-state index contributed by atoms with van der Waals surface area (Å²) in [5, 5.41) is 0. The van der Waals surface area contributed by atoms with E-state index in [1.54, 1.807) is 12.3 Å². The second-order valence-electron chi connectivity index (χ2n) is 3.78. The zero-order valence-electron chi connectivity index (χ0n) is 8.32. The van der Waals surface area contributed by atoms with Crippen molar-refractivity contribution in [1.82, 2.24) is 4.98 Å². The van der Waals surface area contributed by atoms with E-state index in [9.17, 15) is 4.79 Å². The lowest BCUT2D eigenvalue weighted by Crippen LogP contribution is -1.95. The molecule has 0 fully saturated rings. The van der Waals surface area contributed by atoms with Crippen molar-refractivity contribution < 1.29 is 4.79 Å². The number of rotatable bonds is 0.